The van der Waals surface area contributed by atoms with Crippen LogP contribution in [0.1, 0.15) is 133 Å². The molecule has 1 saturated carbocycles. The normalized spacial score (nSPS) is 18.0. The third-order valence-corrected chi connectivity index (χ3v) is 6.24. The topological polar surface area (TPSA) is 36.1 Å². The van der Waals surface area contributed by atoms with Crippen LogP contribution in [-0.4, -0.2) is 19.6 Å². The van der Waals surface area contributed by atoms with Crippen LogP contribution in [-0.2, 0) is 0 Å². The molecule has 0 aromatic carbocycles. The zero-order valence-electron chi connectivity index (χ0n) is 25.5. The van der Waals surface area contributed by atoms with Gasteiger partial charge in [-0.15, -0.1) is 0 Å². The van der Waals surface area contributed by atoms with Gasteiger partial charge in [0.05, 0.1) is 0 Å². The van der Waals surface area contributed by atoms with Gasteiger partial charge < -0.3 is 16.0 Å². The minimum absolute atomic E-state index is 0.458. The van der Waals surface area contributed by atoms with E-state index in [4.69, 9.17) is 0 Å². The summed E-state index contributed by atoms with van der Waals surface area (Å²) in [6.07, 6.45) is 17.9. The molecule has 0 spiro atoms. The van der Waals surface area contributed by atoms with Crippen LogP contribution in [0.4, 0.5) is 0 Å². The molecule has 206 valence electrons. The molecule has 3 heteroatoms. The second-order valence-electron chi connectivity index (χ2n) is 10.0. The van der Waals surface area contributed by atoms with Crippen molar-refractivity contribution in [1.29, 1.82) is 0 Å². The predicted octanol–water partition coefficient (Wildman–Crippen LogP) is 9.28. The summed E-state index contributed by atoms with van der Waals surface area (Å²) in [6, 6.07) is 0.458. The lowest BCUT2D eigenvalue weighted by atomic mass is 9.73. The fourth-order valence-corrected chi connectivity index (χ4v) is 4.47. The van der Waals surface area contributed by atoms with Crippen molar-refractivity contribution in [3.63, 3.8) is 0 Å². The maximum absolute atomic E-state index is 4.07. The van der Waals surface area contributed by atoms with Crippen molar-refractivity contribution in [1.82, 2.24) is 16.0 Å². The SMILES string of the molecule is C=C(NC(C)C)C(CC)CN/C=C/NC.CC.CCC.CCCC(CCC)C1CCC(C)CC1. The van der Waals surface area contributed by atoms with Gasteiger partial charge in [0.15, 0.2) is 0 Å². The maximum Gasteiger partial charge on any atom is 0.0224 e. The van der Waals surface area contributed by atoms with Gasteiger partial charge in [-0.2, -0.15) is 0 Å². The van der Waals surface area contributed by atoms with E-state index in [0.29, 0.717) is 12.0 Å². The lowest BCUT2D eigenvalue weighted by Crippen LogP contribution is -2.30. The number of nitrogens with one attached hydrogen (secondary N) is 3. The standard InChI is InChI=1S/C14H28.C12H25N3.C3H8.C2H6/c1-4-6-13(7-5-2)14-10-8-12(3)9-11-14;1-6-12(9-14-8-7-13-5)11(4)15-10(2)3;1-3-2;1-2/h12-14H,4-11H2,1-3H3;7-8,10,12-15H,4,6,9H2,1-3,5H3;3H2,1-2H3;1-2H3/b;8-7+;;. The Morgan fingerprint density at radius 3 is 1.79 bits per heavy atom. The molecule has 0 saturated heterocycles. The van der Waals surface area contributed by atoms with Crippen molar-refractivity contribution < 1.29 is 0 Å². The fraction of sp³-hybridized carbons (Fsp3) is 0.871. The van der Waals surface area contributed by atoms with Crippen LogP contribution in [0, 0.1) is 23.7 Å². The van der Waals surface area contributed by atoms with Crippen LogP contribution in [0.3, 0.4) is 0 Å². The van der Waals surface area contributed by atoms with E-state index in [-0.39, 0.29) is 0 Å². The van der Waals surface area contributed by atoms with E-state index in [1.807, 2.05) is 33.3 Å². The Morgan fingerprint density at radius 1 is 0.912 bits per heavy atom. The minimum atomic E-state index is 0.458. The summed E-state index contributed by atoms with van der Waals surface area (Å²) in [7, 11) is 1.88. The minimum Gasteiger partial charge on any atom is -0.393 e. The first kappa shape index (κ1) is 37.4. The van der Waals surface area contributed by atoms with Crippen LogP contribution >= 0.6 is 0 Å². The summed E-state index contributed by atoms with van der Waals surface area (Å²) in [6.45, 7) is 26.8. The van der Waals surface area contributed by atoms with Crippen molar-refractivity contribution in [2.75, 3.05) is 13.6 Å². The highest BCUT2D eigenvalue weighted by atomic mass is 14.9. The second-order valence-corrected chi connectivity index (χ2v) is 10.0. The maximum atomic E-state index is 4.07. The van der Waals surface area contributed by atoms with Gasteiger partial charge in [0, 0.05) is 43.6 Å². The lowest BCUT2D eigenvalue weighted by molar-refractivity contribution is 0.192. The fourth-order valence-electron chi connectivity index (χ4n) is 4.47. The molecule has 3 nitrogen and oxygen atoms in total. The zero-order chi connectivity index (χ0) is 26.8. The Hall–Kier alpha value is -1.12. The van der Waals surface area contributed by atoms with E-state index >= 15 is 0 Å². The van der Waals surface area contributed by atoms with Gasteiger partial charge in [0.2, 0.25) is 0 Å². The van der Waals surface area contributed by atoms with E-state index in [2.05, 4.69) is 77.9 Å². The molecule has 3 N–H and O–H groups in total. The van der Waals surface area contributed by atoms with Crippen LogP contribution in [0.15, 0.2) is 24.7 Å². The molecule has 1 aliphatic rings. The Balaban J connectivity index is -0.000000475. The molecule has 0 aliphatic heterocycles. The third-order valence-electron chi connectivity index (χ3n) is 6.24. The van der Waals surface area contributed by atoms with Gasteiger partial charge in [0.1, 0.15) is 0 Å². The van der Waals surface area contributed by atoms with E-state index < -0.39 is 0 Å². The Morgan fingerprint density at radius 2 is 1.41 bits per heavy atom. The van der Waals surface area contributed by atoms with Gasteiger partial charge in [-0.05, 0) is 50.9 Å². The van der Waals surface area contributed by atoms with E-state index in [9.17, 15) is 0 Å². The number of hydrogen-bond donors (Lipinski definition) is 3. The van der Waals surface area contributed by atoms with Crippen LogP contribution in [0.2, 0.25) is 0 Å². The predicted molar refractivity (Wildman–Crippen MR) is 159 cm³/mol. The molecule has 1 unspecified atom stereocenters. The number of rotatable bonds is 13. The zero-order valence-corrected chi connectivity index (χ0v) is 25.5. The molecule has 1 fully saturated rings. The molecule has 1 atom stereocenters. The highest BCUT2D eigenvalue weighted by Gasteiger charge is 2.24. The molecule has 0 amide bonds. The molecule has 1 rings (SSSR count). The van der Waals surface area contributed by atoms with Crippen molar-refractivity contribution in [3.05, 3.63) is 24.7 Å². The monoisotopic (exact) mass is 482 g/mol. The van der Waals surface area contributed by atoms with Crippen molar-refractivity contribution >= 4 is 0 Å². The Kier molecular flexibility index (Phi) is 31.0. The van der Waals surface area contributed by atoms with Gasteiger partial charge in [-0.1, -0.05) is 107 Å². The quantitative estimate of drug-likeness (QED) is 0.245. The highest BCUT2D eigenvalue weighted by Crippen LogP contribution is 2.37. The average molecular weight is 482 g/mol. The van der Waals surface area contributed by atoms with Gasteiger partial charge in [-0.3, -0.25) is 0 Å². The van der Waals surface area contributed by atoms with Crippen LogP contribution in [0.25, 0.3) is 0 Å². The van der Waals surface area contributed by atoms with Crippen molar-refractivity contribution in [2.45, 2.75) is 139 Å². The Bertz CT molecular complexity index is 416. The van der Waals surface area contributed by atoms with Crippen LogP contribution in [0.5, 0.6) is 0 Å². The summed E-state index contributed by atoms with van der Waals surface area (Å²) >= 11 is 0. The van der Waals surface area contributed by atoms with E-state index in [1.165, 1.54) is 57.8 Å². The molecule has 0 heterocycles. The first-order valence-corrected chi connectivity index (χ1v) is 14.8. The molecular formula is C31H67N3. The van der Waals surface area contributed by atoms with Crippen molar-refractivity contribution in [3.8, 4) is 0 Å². The summed E-state index contributed by atoms with van der Waals surface area (Å²) in [5, 5.41) is 9.55. The first-order valence-electron chi connectivity index (χ1n) is 14.8. The third kappa shape index (κ3) is 22.7. The molecule has 0 bridgehead atoms. The smallest absolute Gasteiger partial charge is 0.0224 e. The number of hydrogen-bond acceptors (Lipinski definition) is 3. The van der Waals surface area contributed by atoms with E-state index in [0.717, 1.165) is 36.4 Å². The molecule has 0 radical (unpaired) electrons. The first-order chi connectivity index (χ1) is 16.3. The highest BCUT2D eigenvalue weighted by molar-refractivity contribution is 5.00. The summed E-state index contributed by atoms with van der Waals surface area (Å²) in [5.74, 6) is 3.62. The summed E-state index contributed by atoms with van der Waals surface area (Å²) in [5.41, 5.74) is 1.12. The average Bonchev–Trinajstić information content (AvgIpc) is 2.81. The summed E-state index contributed by atoms with van der Waals surface area (Å²) in [4.78, 5) is 0. The van der Waals surface area contributed by atoms with Gasteiger partial charge in [-0.25, -0.2) is 0 Å². The Labute approximate surface area is 217 Å². The van der Waals surface area contributed by atoms with Crippen LogP contribution < -0.4 is 16.0 Å². The molecule has 34 heavy (non-hydrogen) atoms. The molecular weight excluding hydrogens is 414 g/mol. The van der Waals surface area contributed by atoms with Crippen molar-refractivity contribution in [2.24, 2.45) is 23.7 Å². The summed E-state index contributed by atoms with van der Waals surface area (Å²) < 4.78 is 0. The largest absolute Gasteiger partial charge is 0.393 e. The van der Waals surface area contributed by atoms with Gasteiger partial charge in [0.25, 0.3) is 0 Å². The van der Waals surface area contributed by atoms with E-state index in [1.54, 1.807) is 0 Å². The van der Waals surface area contributed by atoms with Gasteiger partial charge >= 0.3 is 0 Å². The second kappa shape index (κ2) is 28.1. The lowest BCUT2D eigenvalue weighted by Gasteiger charge is -2.32. The molecule has 0 aromatic rings. The molecule has 0 aromatic heterocycles. The molecule has 1 aliphatic carbocycles.